The number of amides is 1. The molecule has 5 heteroatoms. The molecule has 22 heavy (non-hydrogen) atoms. The molecule has 3 rings (SSSR count). The van der Waals surface area contributed by atoms with E-state index in [4.69, 9.17) is 5.73 Å². The Balaban J connectivity index is 1.69. The van der Waals surface area contributed by atoms with E-state index in [1.807, 2.05) is 24.9 Å². The van der Waals surface area contributed by atoms with E-state index in [9.17, 15) is 4.79 Å². The quantitative estimate of drug-likeness (QED) is 0.908. The summed E-state index contributed by atoms with van der Waals surface area (Å²) >= 11 is 0. The van der Waals surface area contributed by atoms with Crippen LogP contribution in [0.1, 0.15) is 13.8 Å². The van der Waals surface area contributed by atoms with Gasteiger partial charge in [0.05, 0.1) is 6.04 Å². The first-order valence-corrected chi connectivity index (χ1v) is 7.93. The maximum atomic E-state index is 12.3. The lowest BCUT2D eigenvalue weighted by molar-refractivity contribution is -0.133. The molecule has 3 N–H and O–H groups in total. The number of carbonyl (C=O) groups excluding carboxylic acids is 1. The zero-order chi connectivity index (χ0) is 15.7. The molecule has 2 heterocycles. The summed E-state index contributed by atoms with van der Waals surface area (Å²) in [7, 11) is 0. The van der Waals surface area contributed by atoms with Crippen LogP contribution in [-0.4, -0.2) is 48.0 Å². The van der Waals surface area contributed by atoms with Crippen LogP contribution < -0.4 is 10.6 Å². The first-order chi connectivity index (χ1) is 10.6. The van der Waals surface area contributed by atoms with E-state index in [0.717, 1.165) is 31.7 Å². The Labute approximate surface area is 131 Å². The summed E-state index contributed by atoms with van der Waals surface area (Å²) in [6.45, 7) is 7.15. The highest BCUT2D eigenvalue weighted by Gasteiger charge is 2.27. The van der Waals surface area contributed by atoms with E-state index >= 15 is 0 Å². The third-order valence-corrected chi connectivity index (χ3v) is 4.51. The first kappa shape index (κ1) is 14.9. The fourth-order valence-corrected chi connectivity index (χ4v) is 3.01. The second-order valence-corrected chi connectivity index (χ2v) is 6.30. The van der Waals surface area contributed by atoms with Crippen LogP contribution in [0.15, 0.2) is 30.5 Å². The molecule has 5 nitrogen and oxygen atoms in total. The number of nitrogens with one attached hydrogen (secondary N) is 1. The Morgan fingerprint density at radius 1 is 1.18 bits per heavy atom. The van der Waals surface area contributed by atoms with Crippen LogP contribution in [0.4, 0.5) is 5.69 Å². The predicted molar refractivity (Wildman–Crippen MR) is 89.9 cm³/mol. The standard InChI is InChI=1S/C17H24N4O/c1-12(2)16(18)17(22)21-10-8-20(9-11-21)15-5-3-4-14-13(15)6-7-19-14/h3-7,12,16,19H,8-11,18H2,1-2H3. The van der Waals surface area contributed by atoms with Gasteiger partial charge in [-0.3, -0.25) is 4.79 Å². The number of nitrogens with zero attached hydrogens (tertiary/aromatic N) is 2. The number of rotatable bonds is 3. The Bertz CT molecular complexity index is 655. The van der Waals surface area contributed by atoms with E-state index in [1.165, 1.54) is 11.1 Å². The maximum Gasteiger partial charge on any atom is 0.239 e. The summed E-state index contributed by atoms with van der Waals surface area (Å²) in [6.07, 6.45) is 1.97. The van der Waals surface area contributed by atoms with Crippen LogP contribution in [0.3, 0.4) is 0 Å². The van der Waals surface area contributed by atoms with Crippen molar-refractivity contribution in [1.82, 2.24) is 9.88 Å². The van der Waals surface area contributed by atoms with Gasteiger partial charge in [0, 0.05) is 49.0 Å². The minimum atomic E-state index is -0.389. The van der Waals surface area contributed by atoms with Crippen LogP contribution in [0.2, 0.25) is 0 Å². The summed E-state index contributed by atoms with van der Waals surface area (Å²) in [6, 6.07) is 8.02. The molecule has 1 aromatic carbocycles. The lowest BCUT2D eigenvalue weighted by Crippen LogP contribution is -2.54. The Hall–Kier alpha value is -2.01. The molecule has 0 radical (unpaired) electrons. The smallest absolute Gasteiger partial charge is 0.239 e. The monoisotopic (exact) mass is 300 g/mol. The van der Waals surface area contributed by atoms with Crippen molar-refractivity contribution in [2.45, 2.75) is 19.9 Å². The minimum absolute atomic E-state index is 0.0782. The number of aromatic nitrogens is 1. The molecule has 2 aromatic rings. The molecule has 1 unspecified atom stereocenters. The highest BCUT2D eigenvalue weighted by atomic mass is 16.2. The number of anilines is 1. The number of H-pyrrole nitrogens is 1. The van der Waals surface area contributed by atoms with Gasteiger partial charge in [-0.15, -0.1) is 0 Å². The van der Waals surface area contributed by atoms with Gasteiger partial charge in [0.2, 0.25) is 5.91 Å². The average molecular weight is 300 g/mol. The molecule has 1 aromatic heterocycles. The Morgan fingerprint density at radius 2 is 1.91 bits per heavy atom. The summed E-state index contributed by atoms with van der Waals surface area (Å²) in [5.41, 5.74) is 8.37. The maximum absolute atomic E-state index is 12.3. The number of aromatic amines is 1. The van der Waals surface area contributed by atoms with E-state index in [-0.39, 0.29) is 17.9 Å². The van der Waals surface area contributed by atoms with Crippen molar-refractivity contribution in [2.24, 2.45) is 11.7 Å². The van der Waals surface area contributed by atoms with Crippen molar-refractivity contribution in [2.75, 3.05) is 31.1 Å². The molecular weight excluding hydrogens is 276 g/mol. The zero-order valence-electron chi connectivity index (χ0n) is 13.2. The van der Waals surface area contributed by atoms with Gasteiger partial charge in [-0.25, -0.2) is 0 Å². The number of benzene rings is 1. The number of nitrogens with two attached hydrogens (primary N) is 1. The number of fused-ring (bicyclic) bond motifs is 1. The molecule has 0 spiro atoms. The topological polar surface area (TPSA) is 65.4 Å². The van der Waals surface area contributed by atoms with E-state index in [1.54, 1.807) is 0 Å². The molecule has 1 saturated heterocycles. The molecule has 0 saturated carbocycles. The highest BCUT2D eigenvalue weighted by Crippen LogP contribution is 2.27. The second-order valence-electron chi connectivity index (χ2n) is 6.30. The summed E-state index contributed by atoms with van der Waals surface area (Å²) in [4.78, 5) is 19.8. The molecule has 118 valence electrons. The van der Waals surface area contributed by atoms with E-state index in [0.29, 0.717) is 0 Å². The van der Waals surface area contributed by atoms with Gasteiger partial charge in [0.25, 0.3) is 0 Å². The van der Waals surface area contributed by atoms with Crippen LogP contribution in [-0.2, 0) is 4.79 Å². The van der Waals surface area contributed by atoms with Crippen LogP contribution in [0.25, 0.3) is 10.9 Å². The third kappa shape index (κ3) is 2.68. The lowest BCUT2D eigenvalue weighted by atomic mass is 10.0. The number of piperazine rings is 1. The summed E-state index contributed by atoms with van der Waals surface area (Å²) in [5, 5.41) is 1.24. The number of hydrogen-bond donors (Lipinski definition) is 2. The van der Waals surface area contributed by atoms with Gasteiger partial charge in [-0.05, 0) is 24.1 Å². The summed E-state index contributed by atoms with van der Waals surface area (Å²) < 4.78 is 0. The van der Waals surface area contributed by atoms with Crippen molar-refractivity contribution >= 4 is 22.5 Å². The summed E-state index contributed by atoms with van der Waals surface area (Å²) in [5.74, 6) is 0.258. The fraction of sp³-hybridized carbons (Fsp3) is 0.471. The number of hydrogen-bond acceptors (Lipinski definition) is 3. The first-order valence-electron chi connectivity index (χ1n) is 7.93. The van der Waals surface area contributed by atoms with Crippen molar-refractivity contribution in [3.63, 3.8) is 0 Å². The zero-order valence-corrected chi connectivity index (χ0v) is 13.2. The van der Waals surface area contributed by atoms with Crippen LogP contribution >= 0.6 is 0 Å². The fourth-order valence-electron chi connectivity index (χ4n) is 3.01. The van der Waals surface area contributed by atoms with Gasteiger partial charge in [0.15, 0.2) is 0 Å². The van der Waals surface area contributed by atoms with Crippen LogP contribution in [0.5, 0.6) is 0 Å². The van der Waals surface area contributed by atoms with Gasteiger partial charge in [-0.2, -0.15) is 0 Å². The molecule has 1 aliphatic heterocycles. The molecule has 1 fully saturated rings. The van der Waals surface area contributed by atoms with Crippen molar-refractivity contribution < 1.29 is 4.79 Å². The van der Waals surface area contributed by atoms with E-state index < -0.39 is 0 Å². The average Bonchev–Trinajstić information content (AvgIpc) is 3.02. The van der Waals surface area contributed by atoms with Gasteiger partial charge >= 0.3 is 0 Å². The van der Waals surface area contributed by atoms with Gasteiger partial charge in [-0.1, -0.05) is 19.9 Å². The largest absolute Gasteiger partial charge is 0.367 e. The van der Waals surface area contributed by atoms with Gasteiger partial charge < -0.3 is 20.5 Å². The number of carbonyl (C=O) groups is 1. The Morgan fingerprint density at radius 3 is 2.59 bits per heavy atom. The van der Waals surface area contributed by atoms with Gasteiger partial charge in [0.1, 0.15) is 0 Å². The molecule has 0 bridgehead atoms. The molecular formula is C17H24N4O. The molecule has 1 amide bonds. The van der Waals surface area contributed by atoms with Crippen molar-refractivity contribution in [3.05, 3.63) is 30.5 Å². The predicted octanol–water partition coefficient (Wildman–Crippen LogP) is 1.80. The van der Waals surface area contributed by atoms with Crippen molar-refractivity contribution in [1.29, 1.82) is 0 Å². The van der Waals surface area contributed by atoms with E-state index in [2.05, 4.69) is 34.1 Å². The van der Waals surface area contributed by atoms with Crippen LogP contribution in [0, 0.1) is 5.92 Å². The molecule has 1 atom stereocenters. The highest BCUT2D eigenvalue weighted by molar-refractivity contribution is 5.92. The second kappa shape index (κ2) is 6.01. The SMILES string of the molecule is CC(C)C(N)C(=O)N1CCN(c2cccc3[nH]ccc23)CC1. The molecule has 1 aliphatic rings. The third-order valence-electron chi connectivity index (χ3n) is 4.51. The van der Waals surface area contributed by atoms with Crippen molar-refractivity contribution in [3.8, 4) is 0 Å². The lowest BCUT2D eigenvalue weighted by Gasteiger charge is -2.37. The Kier molecular flexibility index (Phi) is 4.07. The normalized spacial score (nSPS) is 17.3. The molecule has 0 aliphatic carbocycles. The minimum Gasteiger partial charge on any atom is -0.367 e.